The molecule has 2 nitrogen and oxygen atoms in total. The van der Waals surface area contributed by atoms with Crippen molar-refractivity contribution in [1.29, 1.82) is 0 Å². The molecule has 1 heterocycles. The first-order valence-electron chi connectivity index (χ1n) is 7.14. The minimum atomic E-state index is -4.66. The highest BCUT2D eigenvalue weighted by atomic mass is 19.4. The summed E-state index contributed by atoms with van der Waals surface area (Å²) in [4.78, 5) is 2.10. The van der Waals surface area contributed by atoms with Crippen LogP contribution in [0.1, 0.15) is 37.3 Å². The Labute approximate surface area is 121 Å². The second-order valence-corrected chi connectivity index (χ2v) is 5.70. The molecule has 0 aromatic heterocycles. The van der Waals surface area contributed by atoms with Gasteiger partial charge in [-0.05, 0) is 44.0 Å². The third kappa shape index (κ3) is 3.95. The number of nitrogens with zero attached hydrogens (tertiary/aromatic N) is 1. The molecule has 0 saturated carbocycles. The summed E-state index contributed by atoms with van der Waals surface area (Å²) in [6, 6.07) is 3.34. The molecule has 1 aliphatic rings. The van der Waals surface area contributed by atoms with Gasteiger partial charge in [-0.25, -0.2) is 4.39 Å². The molecule has 2 N–H and O–H groups in total. The van der Waals surface area contributed by atoms with E-state index in [1.165, 1.54) is 6.07 Å². The van der Waals surface area contributed by atoms with E-state index in [1.807, 2.05) is 6.92 Å². The fourth-order valence-corrected chi connectivity index (χ4v) is 2.93. The van der Waals surface area contributed by atoms with Crippen molar-refractivity contribution in [2.24, 2.45) is 5.73 Å². The molecule has 2 unspecified atom stereocenters. The Bertz CT molecular complexity index is 485. The third-order valence-corrected chi connectivity index (χ3v) is 3.99. The molecule has 1 saturated heterocycles. The van der Waals surface area contributed by atoms with Crippen LogP contribution >= 0.6 is 0 Å². The average molecular weight is 304 g/mol. The number of alkyl halides is 3. The summed E-state index contributed by atoms with van der Waals surface area (Å²) in [6.45, 7) is 3.09. The molecule has 0 bridgehead atoms. The van der Waals surface area contributed by atoms with Gasteiger partial charge in [0.2, 0.25) is 0 Å². The van der Waals surface area contributed by atoms with Gasteiger partial charge in [-0.15, -0.1) is 0 Å². The largest absolute Gasteiger partial charge is 0.419 e. The van der Waals surface area contributed by atoms with Crippen LogP contribution < -0.4 is 5.73 Å². The molecule has 0 aliphatic carbocycles. The summed E-state index contributed by atoms with van der Waals surface area (Å²) in [7, 11) is 0. The van der Waals surface area contributed by atoms with E-state index in [1.54, 1.807) is 0 Å². The first-order chi connectivity index (χ1) is 9.79. The van der Waals surface area contributed by atoms with Gasteiger partial charge in [0.15, 0.2) is 0 Å². The maximum Gasteiger partial charge on any atom is 0.419 e. The minimum absolute atomic E-state index is 0.0344. The van der Waals surface area contributed by atoms with Gasteiger partial charge in [0.05, 0.1) is 5.56 Å². The maximum absolute atomic E-state index is 13.3. The minimum Gasteiger partial charge on any atom is -0.327 e. The van der Waals surface area contributed by atoms with Crippen LogP contribution in [-0.4, -0.2) is 23.5 Å². The molecule has 6 heteroatoms. The van der Waals surface area contributed by atoms with Gasteiger partial charge in [-0.3, -0.25) is 4.90 Å². The van der Waals surface area contributed by atoms with E-state index >= 15 is 0 Å². The zero-order chi connectivity index (χ0) is 15.6. The van der Waals surface area contributed by atoms with Crippen molar-refractivity contribution >= 4 is 0 Å². The Hall–Kier alpha value is -1.14. The van der Waals surface area contributed by atoms with Crippen molar-refractivity contribution in [2.75, 3.05) is 6.54 Å². The number of halogens is 4. The highest BCUT2D eigenvalue weighted by molar-refractivity contribution is 5.27. The fraction of sp³-hybridized carbons (Fsp3) is 0.600. The molecule has 1 fully saturated rings. The van der Waals surface area contributed by atoms with E-state index in [9.17, 15) is 17.6 Å². The van der Waals surface area contributed by atoms with Crippen molar-refractivity contribution in [2.45, 2.75) is 51.0 Å². The zero-order valence-electron chi connectivity index (χ0n) is 12.0. The molecule has 1 aromatic rings. The van der Waals surface area contributed by atoms with Gasteiger partial charge >= 0.3 is 6.18 Å². The predicted molar refractivity (Wildman–Crippen MR) is 73.1 cm³/mol. The summed E-state index contributed by atoms with van der Waals surface area (Å²) in [5, 5.41) is 0. The smallest absolute Gasteiger partial charge is 0.327 e. The highest BCUT2D eigenvalue weighted by Crippen LogP contribution is 2.32. The molecule has 21 heavy (non-hydrogen) atoms. The van der Waals surface area contributed by atoms with Crippen LogP contribution in [0.15, 0.2) is 18.2 Å². The number of nitrogens with two attached hydrogens (primary N) is 1. The first-order valence-corrected chi connectivity index (χ1v) is 7.14. The summed E-state index contributed by atoms with van der Waals surface area (Å²) in [5.74, 6) is -1.23. The van der Waals surface area contributed by atoms with E-state index in [0.29, 0.717) is 12.1 Å². The Morgan fingerprint density at radius 2 is 2.05 bits per heavy atom. The maximum atomic E-state index is 13.3. The van der Waals surface area contributed by atoms with Gasteiger partial charge in [-0.2, -0.15) is 13.2 Å². The molecule has 118 valence electrons. The van der Waals surface area contributed by atoms with Crippen molar-refractivity contribution in [3.8, 4) is 0 Å². The lowest BCUT2D eigenvalue weighted by atomic mass is 9.96. The molecular formula is C15H20F4N2. The Morgan fingerprint density at radius 3 is 2.67 bits per heavy atom. The molecule has 0 spiro atoms. The first kappa shape index (κ1) is 16.2. The molecular weight excluding hydrogens is 284 g/mol. The number of hydrogen-bond donors (Lipinski definition) is 1. The quantitative estimate of drug-likeness (QED) is 0.865. The van der Waals surface area contributed by atoms with E-state index in [-0.39, 0.29) is 12.1 Å². The second kappa shape index (κ2) is 6.32. The van der Waals surface area contributed by atoms with Crippen molar-refractivity contribution < 1.29 is 17.6 Å². The Balaban J connectivity index is 2.19. The number of rotatable bonds is 3. The second-order valence-electron chi connectivity index (χ2n) is 5.70. The SMILES string of the molecule is CC(N)C1CCCCN1Cc1ccc(F)c(C(F)(F)F)c1. The topological polar surface area (TPSA) is 29.3 Å². The molecule has 2 rings (SSSR count). The zero-order valence-corrected chi connectivity index (χ0v) is 12.0. The van der Waals surface area contributed by atoms with E-state index < -0.39 is 17.6 Å². The van der Waals surface area contributed by atoms with Gasteiger partial charge in [0.1, 0.15) is 5.82 Å². The summed E-state index contributed by atoms with van der Waals surface area (Å²) in [6.07, 6.45) is -1.62. The van der Waals surface area contributed by atoms with Crippen LogP contribution in [0.5, 0.6) is 0 Å². The van der Waals surface area contributed by atoms with Gasteiger partial charge in [0, 0.05) is 18.6 Å². The number of piperidine rings is 1. The van der Waals surface area contributed by atoms with Crippen LogP contribution in [-0.2, 0) is 12.7 Å². The van der Waals surface area contributed by atoms with Crippen LogP contribution in [0.25, 0.3) is 0 Å². The summed E-state index contributed by atoms with van der Waals surface area (Å²) >= 11 is 0. The number of hydrogen-bond acceptors (Lipinski definition) is 2. The predicted octanol–water partition coefficient (Wildman–Crippen LogP) is 3.55. The van der Waals surface area contributed by atoms with E-state index in [0.717, 1.165) is 37.9 Å². The Morgan fingerprint density at radius 1 is 1.33 bits per heavy atom. The van der Waals surface area contributed by atoms with E-state index in [4.69, 9.17) is 5.73 Å². The van der Waals surface area contributed by atoms with Gasteiger partial charge in [0.25, 0.3) is 0 Å². The summed E-state index contributed by atoms with van der Waals surface area (Å²) < 4.78 is 51.5. The average Bonchev–Trinajstić information content (AvgIpc) is 2.40. The lowest BCUT2D eigenvalue weighted by Gasteiger charge is -2.38. The van der Waals surface area contributed by atoms with E-state index in [2.05, 4.69) is 4.90 Å². The van der Waals surface area contributed by atoms with Crippen molar-refractivity contribution in [1.82, 2.24) is 4.90 Å². The monoisotopic (exact) mass is 304 g/mol. The van der Waals surface area contributed by atoms with Crippen molar-refractivity contribution in [3.05, 3.63) is 35.1 Å². The lowest BCUT2D eigenvalue weighted by molar-refractivity contribution is -0.140. The number of likely N-dealkylation sites (tertiary alicyclic amines) is 1. The van der Waals surface area contributed by atoms with Crippen LogP contribution in [0.2, 0.25) is 0 Å². The molecule has 0 amide bonds. The van der Waals surface area contributed by atoms with Gasteiger partial charge < -0.3 is 5.73 Å². The molecule has 2 atom stereocenters. The number of benzene rings is 1. The lowest BCUT2D eigenvalue weighted by Crippen LogP contribution is -2.48. The summed E-state index contributed by atoms with van der Waals surface area (Å²) in [5.41, 5.74) is 5.22. The molecule has 1 aromatic carbocycles. The fourth-order valence-electron chi connectivity index (χ4n) is 2.93. The normalized spacial score (nSPS) is 22.3. The Kier molecular flexibility index (Phi) is 4.88. The standard InChI is InChI=1S/C15H20F4N2/c1-10(20)14-4-2-3-7-21(14)9-11-5-6-13(16)12(8-11)15(17,18)19/h5-6,8,10,14H,2-4,7,9,20H2,1H3. The molecule has 0 radical (unpaired) electrons. The van der Waals surface area contributed by atoms with Crippen LogP contribution in [0.3, 0.4) is 0 Å². The third-order valence-electron chi connectivity index (χ3n) is 3.99. The van der Waals surface area contributed by atoms with Crippen molar-refractivity contribution in [3.63, 3.8) is 0 Å². The highest BCUT2D eigenvalue weighted by Gasteiger charge is 2.34. The molecule has 1 aliphatic heterocycles. The van der Waals surface area contributed by atoms with Gasteiger partial charge in [-0.1, -0.05) is 12.5 Å². The van der Waals surface area contributed by atoms with Crippen LogP contribution in [0, 0.1) is 5.82 Å². The van der Waals surface area contributed by atoms with Crippen LogP contribution in [0.4, 0.5) is 17.6 Å².